The van der Waals surface area contributed by atoms with E-state index in [-0.39, 0.29) is 51.0 Å². The van der Waals surface area contributed by atoms with E-state index in [2.05, 4.69) is 15.4 Å². The number of phosphoric ester groups is 3. The summed E-state index contributed by atoms with van der Waals surface area (Å²) in [6.07, 6.45) is 0.524. The number of carbonyl (C=O) groups excluding carboxylic acids is 1. The molecule has 10 atom stereocenters. The molecule has 0 saturated carbocycles. The number of urea groups is 1. The number of ether oxygens (including phenoxy) is 2. The number of hydrogen-bond acceptors (Lipinski definition) is 15. The van der Waals surface area contributed by atoms with Gasteiger partial charge in [-0.15, -0.1) is 6.42 Å². The standard InChI is InChI=1S/C25H38N3O17P3/c1-3-15-8-16(11-29)10-17(9-15)12-40-47(34,35)44-18-5-7-39-19(18)13-42-48(36,37)45-23-20(14-41-46(32,33)38-2)43-24(22(23)30)28-6-4-21(26)27-25(28)31/h1,9-10,16,18-20,22-24,29-30H,4-8,11-14H2,2H3,(H,32,33)(H,34,35)(H,36,37)(H2,26,27,31)/t16?,18-,19?,20?,22?,23?,24?/m1/s1. The smallest absolute Gasteiger partial charge is 0.396 e. The molecule has 0 spiro atoms. The molecule has 20 nitrogen and oxygen atoms in total. The minimum atomic E-state index is -5.12. The summed E-state index contributed by atoms with van der Waals surface area (Å²) in [7, 11) is -13.5. The summed E-state index contributed by atoms with van der Waals surface area (Å²) >= 11 is 0. The Morgan fingerprint density at radius 1 is 1.10 bits per heavy atom. The number of nitrogens with zero attached hydrogens (tertiary/aromatic N) is 2. The molecule has 0 aromatic heterocycles. The molecule has 7 N–H and O–H groups in total. The van der Waals surface area contributed by atoms with Gasteiger partial charge in [0.15, 0.2) is 6.23 Å². The molecule has 0 radical (unpaired) electrons. The fourth-order valence-electron chi connectivity index (χ4n) is 5.17. The van der Waals surface area contributed by atoms with Crippen LogP contribution in [0.4, 0.5) is 4.79 Å². The van der Waals surface area contributed by atoms with Crippen LogP contribution in [0, 0.1) is 18.3 Å². The van der Waals surface area contributed by atoms with Crippen molar-refractivity contribution in [2.24, 2.45) is 16.6 Å². The summed E-state index contributed by atoms with van der Waals surface area (Å²) in [5.74, 6) is 2.23. The molecule has 48 heavy (non-hydrogen) atoms. The van der Waals surface area contributed by atoms with Crippen molar-refractivity contribution in [3.8, 4) is 12.3 Å². The third kappa shape index (κ3) is 10.6. The van der Waals surface area contributed by atoms with Crippen molar-refractivity contribution >= 4 is 35.3 Å². The highest BCUT2D eigenvalue weighted by molar-refractivity contribution is 7.48. The van der Waals surface area contributed by atoms with Gasteiger partial charge in [-0.25, -0.2) is 18.5 Å². The zero-order chi connectivity index (χ0) is 35.3. The van der Waals surface area contributed by atoms with Gasteiger partial charge in [0.25, 0.3) is 0 Å². The molecule has 3 aliphatic heterocycles. The highest BCUT2D eigenvalue weighted by Gasteiger charge is 2.52. The maximum atomic E-state index is 13.0. The summed E-state index contributed by atoms with van der Waals surface area (Å²) in [4.78, 5) is 47.5. The first-order valence-electron chi connectivity index (χ1n) is 14.5. The number of amides is 2. The summed E-state index contributed by atoms with van der Waals surface area (Å²) < 4.78 is 78.5. The number of nitrogens with two attached hydrogens (primary N) is 1. The van der Waals surface area contributed by atoms with Crippen LogP contribution in [0.25, 0.3) is 0 Å². The molecule has 270 valence electrons. The lowest BCUT2D eigenvalue weighted by Crippen LogP contribution is -2.50. The largest absolute Gasteiger partial charge is 0.472 e. The Balaban J connectivity index is 1.37. The number of phosphoric acid groups is 3. The number of aliphatic hydroxyl groups is 2. The van der Waals surface area contributed by atoms with E-state index in [0.29, 0.717) is 17.6 Å². The molecule has 0 bridgehead atoms. The fraction of sp³-hybridized carbons (Fsp3) is 0.680. The van der Waals surface area contributed by atoms with E-state index >= 15 is 0 Å². The van der Waals surface area contributed by atoms with E-state index in [1.807, 2.05) is 0 Å². The van der Waals surface area contributed by atoms with Crippen LogP contribution in [0.15, 0.2) is 28.3 Å². The number of carbonyl (C=O) groups is 1. The van der Waals surface area contributed by atoms with Crippen LogP contribution in [-0.2, 0) is 50.3 Å². The molecule has 1 aliphatic carbocycles. The molecule has 23 heteroatoms. The van der Waals surface area contributed by atoms with Gasteiger partial charge in [0.05, 0.1) is 19.8 Å². The third-order valence-corrected chi connectivity index (χ3v) is 10.4. The average molecular weight is 746 g/mol. The lowest BCUT2D eigenvalue weighted by Gasteiger charge is -2.31. The van der Waals surface area contributed by atoms with Gasteiger partial charge in [-0.3, -0.25) is 32.0 Å². The maximum Gasteiger partial charge on any atom is 0.472 e. The highest BCUT2D eigenvalue weighted by atomic mass is 31.2. The Kier molecular flexibility index (Phi) is 13.3. The minimum Gasteiger partial charge on any atom is -0.396 e. The van der Waals surface area contributed by atoms with Crippen LogP contribution in [0.5, 0.6) is 0 Å². The monoisotopic (exact) mass is 745 g/mol. The quantitative estimate of drug-likeness (QED) is 0.0915. The number of allylic oxidation sites excluding steroid dienone is 1. The number of aliphatic imine (C=N–C) groups is 1. The number of terminal acetylenes is 1. The van der Waals surface area contributed by atoms with E-state index in [1.54, 1.807) is 12.2 Å². The Bertz CT molecular complexity index is 1470. The summed E-state index contributed by atoms with van der Waals surface area (Å²) in [6.45, 7) is -2.04. The minimum absolute atomic E-state index is 0.0285. The summed E-state index contributed by atoms with van der Waals surface area (Å²) in [5.41, 5.74) is 6.62. The van der Waals surface area contributed by atoms with Crippen LogP contribution >= 0.6 is 23.5 Å². The van der Waals surface area contributed by atoms with Gasteiger partial charge in [0.2, 0.25) is 0 Å². The Morgan fingerprint density at radius 2 is 1.79 bits per heavy atom. The highest BCUT2D eigenvalue weighted by Crippen LogP contribution is 2.51. The molecular formula is C25H38N3O17P3. The first-order valence-corrected chi connectivity index (χ1v) is 19.0. The third-order valence-electron chi connectivity index (χ3n) is 7.52. The van der Waals surface area contributed by atoms with Gasteiger partial charge in [-0.2, -0.15) is 4.99 Å². The van der Waals surface area contributed by atoms with Crippen molar-refractivity contribution in [3.05, 3.63) is 23.3 Å². The number of rotatable bonds is 16. The van der Waals surface area contributed by atoms with Crippen LogP contribution in [0.1, 0.15) is 19.3 Å². The Labute approximate surface area is 275 Å². The van der Waals surface area contributed by atoms with Crippen molar-refractivity contribution < 1.29 is 80.0 Å². The number of amidine groups is 1. The van der Waals surface area contributed by atoms with Gasteiger partial charge >= 0.3 is 29.5 Å². The van der Waals surface area contributed by atoms with Crippen molar-refractivity contribution in [1.82, 2.24) is 4.90 Å². The van der Waals surface area contributed by atoms with E-state index in [1.165, 1.54) is 0 Å². The first kappa shape index (κ1) is 38.9. The fourth-order valence-corrected chi connectivity index (χ4v) is 7.53. The molecule has 2 fully saturated rings. The van der Waals surface area contributed by atoms with Crippen LogP contribution in [0.3, 0.4) is 0 Å². The molecule has 3 heterocycles. The predicted molar refractivity (Wildman–Crippen MR) is 162 cm³/mol. The number of aliphatic hydroxyl groups excluding tert-OH is 2. The summed E-state index contributed by atoms with van der Waals surface area (Å²) in [6, 6.07) is -0.871. The second-order valence-corrected chi connectivity index (χ2v) is 15.3. The van der Waals surface area contributed by atoms with Crippen molar-refractivity contribution in [2.45, 2.75) is 56.0 Å². The lowest BCUT2D eigenvalue weighted by atomic mass is 9.91. The molecule has 4 rings (SSSR count). The summed E-state index contributed by atoms with van der Waals surface area (Å²) in [5, 5.41) is 20.5. The predicted octanol–water partition coefficient (Wildman–Crippen LogP) is 0.310. The topological polar surface area (TPSA) is 285 Å². The van der Waals surface area contributed by atoms with Crippen LogP contribution in [-0.4, -0.2) is 125 Å². The molecule has 2 saturated heterocycles. The number of hydrogen-bond donors (Lipinski definition) is 6. The first-order chi connectivity index (χ1) is 22.5. The van der Waals surface area contributed by atoms with Crippen LogP contribution in [0.2, 0.25) is 0 Å². The van der Waals surface area contributed by atoms with Gasteiger partial charge in [-0.05, 0) is 18.1 Å². The van der Waals surface area contributed by atoms with Gasteiger partial charge < -0.3 is 40.1 Å². The molecule has 2 amide bonds. The van der Waals surface area contributed by atoms with Gasteiger partial charge in [0, 0.05) is 51.2 Å². The van der Waals surface area contributed by atoms with Crippen molar-refractivity contribution in [1.29, 1.82) is 0 Å². The van der Waals surface area contributed by atoms with E-state index in [9.17, 15) is 43.4 Å². The molecular weight excluding hydrogens is 707 g/mol. The Morgan fingerprint density at radius 3 is 2.46 bits per heavy atom. The molecule has 0 aromatic carbocycles. The van der Waals surface area contributed by atoms with Crippen LogP contribution < -0.4 is 5.73 Å². The SMILES string of the molecule is C#CC1=CC(COP(=O)(O)O[C@@H]2CCOC2COP(=O)(O)OC2C(COP(=O)(O)OC)OC(N3CCC(N)=NC3=O)C2O)=CC(CO)C1. The second-order valence-electron chi connectivity index (χ2n) is 11.0. The molecule has 4 aliphatic rings. The van der Waals surface area contributed by atoms with Crippen molar-refractivity contribution in [3.63, 3.8) is 0 Å². The molecule has 9 unspecified atom stereocenters. The lowest BCUT2D eigenvalue weighted by molar-refractivity contribution is -0.0777. The van der Waals surface area contributed by atoms with Gasteiger partial charge in [-0.1, -0.05) is 12.0 Å². The Hall–Kier alpha value is -1.85. The van der Waals surface area contributed by atoms with Crippen molar-refractivity contribution in [2.75, 3.05) is 46.7 Å². The maximum absolute atomic E-state index is 13.0. The zero-order valence-corrected chi connectivity index (χ0v) is 28.3. The average Bonchev–Trinajstić information content (AvgIpc) is 3.60. The van der Waals surface area contributed by atoms with E-state index < -0.39 is 79.5 Å². The van der Waals surface area contributed by atoms with Gasteiger partial charge in [0.1, 0.15) is 36.4 Å². The van der Waals surface area contributed by atoms with E-state index in [0.717, 1.165) is 12.0 Å². The second kappa shape index (κ2) is 16.4. The normalized spacial score (nSPS) is 33.2. The molecule has 0 aromatic rings. The zero-order valence-electron chi connectivity index (χ0n) is 25.6. The van der Waals surface area contributed by atoms with E-state index in [4.69, 9.17) is 44.2 Å².